The standard InChI is InChI=1S/C15H18IN3O2/c1-17-14-12(16)11(9-20-2)18-15(19-14)13(21-3)10-7-5-4-6-8-10/h4-8,13H,9H2,1-3H3,(H,17,18,19). The Morgan fingerprint density at radius 1 is 1.19 bits per heavy atom. The Labute approximate surface area is 138 Å². The molecule has 112 valence electrons. The molecular weight excluding hydrogens is 381 g/mol. The van der Waals surface area contributed by atoms with Crippen molar-refractivity contribution in [2.45, 2.75) is 12.7 Å². The number of halogens is 1. The summed E-state index contributed by atoms with van der Waals surface area (Å²) >= 11 is 2.22. The fourth-order valence-corrected chi connectivity index (χ4v) is 2.71. The van der Waals surface area contributed by atoms with E-state index in [1.807, 2.05) is 37.4 Å². The molecule has 2 rings (SSSR count). The second-order valence-electron chi connectivity index (χ2n) is 4.40. The van der Waals surface area contributed by atoms with E-state index in [1.165, 1.54) is 0 Å². The fourth-order valence-electron chi connectivity index (χ4n) is 2.05. The lowest BCUT2D eigenvalue weighted by molar-refractivity contribution is 0.127. The van der Waals surface area contributed by atoms with Crippen molar-refractivity contribution in [2.75, 3.05) is 26.6 Å². The molecule has 1 atom stereocenters. The molecule has 1 heterocycles. The summed E-state index contributed by atoms with van der Waals surface area (Å²) in [6.45, 7) is 0.438. The van der Waals surface area contributed by atoms with Crippen molar-refractivity contribution >= 4 is 28.4 Å². The van der Waals surface area contributed by atoms with Crippen LogP contribution in [0.2, 0.25) is 0 Å². The van der Waals surface area contributed by atoms with Gasteiger partial charge in [-0.25, -0.2) is 9.97 Å². The SMILES string of the molecule is CNc1nc(C(OC)c2ccccc2)nc(COC)c1I. The van der Waals surface area contributed by atoms with E-state index in [1.54, 1.807) is 14.2 Å². The molecular formula is C15H18IN3O2. The molecule has 0 aliphatic heterocycles. The lowest BCUT2D eigenvalue weighted by atomic mass is 10.1. The Kier molecular flexibility index (Phi) is 5.89. The fraction of sp³-hybridized carbons (Fsp3) is 0.333. The molecule has 0 bridgehead atoms. The average Bonchev–Trinajstić information content (AvgIpc) is 2.52. The van der Waals surface area contributed by atoms with Gasteiger partial charge in [0, 0.05) is 21.3 Å². The number of ether oxygens (including phenoxy) is 2. The van der Waals surface area contributed by atoms with Crippen LogP contribution >= 0.6 is 22.6 Å². The molecule has 0 aliphatic rings. The van der Waals surface area contributed by atoms with E-state index in [2.05, 4.69) is 37.9 Å². The van der Waals surface area contributed by atoms with Crippen LogP contribution in [0.3, 0.4) is 0 Å². The molecule has 0 aliphatic carbocycles. The number of nitrogens with zero attached hydrogens (tertiary/aromatic N) is 2. The van der Waals surface area contributed by atoms with Crippen molar-refractivity contribution in [1.29, 1.82) is 0 Å². The molecule has 1 unspecified atom stereocenters. The van der Waals surface area contributed by atoms with Crippen LogP contribution in [0.25, 0.3) is 0 Å². The number of hydrogen-bond acceptors (Lipinski definition) is 5. The topological polar surface area (TPSA) is 56.3 Å². The van der Waals surface area contributed by atoms with Gasteiger partial charge in [0.15, 0.2) is 5.82 Å². The van der Waals surface area contributed by atoms with Crippen molar-refractivity contribution < 1.29 is 9.47 Å². The highest BCUT2D eigenvalue weighted by Gasteiger charge is 2.20. The molecule has 2 aromatic rings. The van der Waals surface area contributed by atoms with Crippen molar-refractivity contribution in [1.82, 2.24) is 9.97 Å². The molecule has 6 heteroatoms. The van der Waals surface area contributed by atoms with E-state index >= 15 is 0 Å². The minimum Gasteiger partial charge on any atom is -0.378 e. The minimum absolute atomic E-state index is 0.300. The number of nitrogens with one attached hydrogen (secondary N) is 1. The predicted molar refractivity (Wildman–Crippen MR) is 90.3 cm³/mol. The van der Waals surface area contributed by atoms with E-state index in [0.29, 0.717) is 12.4 Å². The van der Waals surface area contributed by atoms with Gasteiger partial charge in [0.1, 0.15) is 11.9 Å². The van der Waals surface area contributed by atoms with Crippen LogP contribution in [-0.2, 0) is 16.1 Å². The summed E-state index contributed by atoms with van der Waals surface area (Å²) in [5, 5.41) is 3.10. The molecule has 1 N–H and O–H groups in total. The third kappa shape index (κ3) is 3.69. The Morgan fingerprint density at radius 3 is 2.48 bits per heavy atom. The van der Waals surface area contributed by atoms with Crippen LogP contribution in [0.15, 0.2) is 30.3 Å². The van der Waals surface area contributed by atoms with Crippen LogP contribution in [-0.4, -0.2) is 31.2 Å². The molecule has 0 amide bonds. The van der Waals surface area contributed by atoms with Crippen LogP contribution in [0.4, 0.5) is 5.82 Å². The second kappa shape index (κ2) is 7.67. The molecule has 0 saturated carbocycles. The van der Waals surface area contributed by atoms with Crippen LogP contribution < -0.4 is 5.32 Å². The highest BCUT2D eigenvalue weighted by atomic mass is 127. The van der Waals surface area contributed by atoms with Gasteiger partial charge in [0.2, 0.25) is 0 Å². The lowest BCUT2D eigenvalue weighted by Gasteiger charge is -2.17. The number of benzene rings is 1. The molecule has 0 fully saturated rings. The third-order valence-electron chi connectivity index (χ3n) is 3.03. The number of rotatable bonds is 6. The average molecular weight is 399 g/mol. The predicted octanol–water partition coefficient (Wildman–Crippen LogP) is 3.01. The number of anilines is 1. The maximum atomic E-state index is 5.60. The maximum Gasteiger partial charge on any atom is 0.164 e. The second-order valence-corrected chi connectivity index (χ2v) is 5.48. The first-order chi connectivity index (χ1) is 10.2. The van der Waals surface area contributed by atoms with Gasteiger partial charge in [-0.3, -0.25) is 0 Å². The number of hydrogen-bond donors (Lipinski definition) is 1. The summed E-state index contributed by atoms with van der Waals surface area (Å²) in [5.74, 6) is 1.41. The quantitative estimate of drug-likeness (QED) is 0.757. The van der Waals surface area contributed by atoms with Crippen molar-refractivity contribution in [2.24, 2.45) is 0 Å². The summed E-state index contributed by atoms with van der Waals surface area (Å²) in [7, 11) is 5.16. The van der Waals surface area contributed by atoms with Gasteiger partial charge in [-0.05, 0) is 28.2 Å². The van der Waals surface area contributed by atoms with Crippen molar-refractivity contribution in [3.05, 3.63) is 51.0 Å². The highest BCUT2D eigenvalue weighted by Crippen LogP contribution is 2.27. The summed E-state index contributed by atoms with van der Waals surface area (Å²) in [6, 6.07) is 9.93. The maximum absolute atomic E-state index is 5.60. The lowest BCUT2D eigenvalue weighted by Crippen LogP contribution is -2.14. The van der Waals surface area contributed by atoms with E-state index in [-0.39, 0.29) is 6.10 Å². The zero-order valence-corrected chi connectivity index (χ0v) is 14.4. The zero-order valence-electron chi connectivity index (χ0n) is 12.3. The first-order valence-corrected chi connectivity index (χ1v) is 7.59. The Bertz CT molecular complexity index is 593. The normalized spacial score (nSPS) is 12.2. The molecule has 1 aromatic carbocycles. The van der Waals surface area contributed by atoms with Gasteiger partial charge >= 0.3 is 0 Å². The molecule has 21 heavy (non-hydrogen) atoms. The monoisotopic (exact) mass is 399 g/mol. The van der Waals surface area contributed by atoms with Crippen LogP contribution in [0.1, 0.15) is 23.2 Å². The first-order valence-electron chi connectivity index (χ1n) is 6.52. The van der Waals surface area contributed by atoms with Gasteiger partial charge in [-0.15, -0.1) is 0 Å². The smallest absolute Gasteiger partial charge is 0.164 e. The van der Waals surface area contributed by atoms with Crippen molar-refractivity contribution in [3.63, 3.8) is 0 Å². The van der Waals surface area contributed by atoms with E-state index in [0.717, 1.165) is 20.6 Å². The van der Waals surface area contributed by atoms with E-state index < -0.39 is 0 Å². The highest BCUT2D eigenvalue weighted by molar-refractivity contribution is 14.1. The van der Waals surface area contributed by atoms with E-state index in [9.17, 15) is 0 Å². The number of methoxy groups -OCH3 is 2. The summed E-state index contributed by atoms with van der Waals surface area (Å²) in [6.07, 6.45) is -0.300. The summed E-state index contributed by atoms with van der Waals surface area (Å²) < 4.78 is 11.8. The van der Waals surface area contributed by atoms with E-state index in [4.69, 9.17) is 9.47 Å². The Morgan fingerprint density at radius 2 is 1.90 bits per heavy atom. The summed E-state index contributed by atoms with van der Waals surface area (Å²) in [4.78, 5) is 9.18. The molecule has 0 spiro atoms. The number of aromatic nitrogens is 2. The largest absolute Gasteiger partial charge is 0.378 e. The molecule has 0 radical (unpaired) electrons. The van der Waals surface area contributed by atoms with Gasteiger partial charge in [-0.1, -0.05) is 30.3 Å². The van der Waals surface area contributed by atoms with Gasteiger partial charge < -0.3 is 14.8 Å². The summed E-state index contributed by atoms with van der Waals surface area (Å²) in [5.41, 5.74) is 1.87. The van der Waals surface area contributed by atoms with Crippen LogP contribution in [0.5, 0.6) is 0 Å². The Hall–Kier alpha value is -1.25. The Balaban J connectivity index is 2.48. The van der Waals surface area contributed by atoms with Gasteiger partial charge in [-0.2, -0.15) is 0 Å². The molecule has 1 aromatic heterocycles. The van der Waals surface area contributed by atoms with Crippen LogP contribution in [0, 0.1) is 3.57 Å². The minimum atomic E-state index is -0.300. The van der Waals surface area contributed by atoms with Gasteiger partial charge in [0.25, 0.3) is 0 Å². The zero-order chi connectivity index (χ0) is 15.2. The van der Waals surface area contributed by atoms with Crippen molar-refractivity contribution in [3.8, 4) is 0 Å². The third-order valence-corrected chi connectivity index (χ3v) is 4.16. The van der Waals surface area contributed by atoms with Gasteiger partial charge in [0.05, 0.1) is 15.9 Å². The molecule has 0 saturated heterocycles. The first kappa shape index (κ1) is 16.1. The molecule has 5 nitrogen and oxygen atoms in total.